The number of carbonyl (C=O) groups is 1. The fraction of sp³-hybridized carbons (Fsp3) is 0.615. The van der Waals surface area contributed by atoms with Crippen molar-refractivity contribution in [3.63, 3.8) is 0 Å². The first-order valence-electron chi connectivity index (χ1n) is 12.0. The summed E-state index contributed by atoms with van der Waals surface area (Å²) < 4.78 is 14.4. The van der Waals surface area contributed by atoms with E-state index >= 15 is 0 Å². The van der Waals surface area contributed by atoms with Gasteiger partial charge >= 0.3 is 0 Å². The lowest BCUT2D eigenvalue weighted by Crippen LogP contribution is -2.37. The number of aldehydes is 1. The number of nitrogens with one attached hydrogen (secondary N) is 1. The first-order chi connectivity index (χ1) is 15.3. The molecule has 0 radical (unpaired) electrons. The Balaban J connectivity index is 0.000000217. The Kier molecular flexibility index (Phi) is 9.88. The van der Waals surface area contributed by atoms with Crippen molar-refractivity contribution in [2.24, 2.45) is 28.9 Å². The summed E-state index contributed by atoms with van der Waals surface area (Å²) in [6.45, 7) is 9.95. The van der Waals surface area contributed by atoms with Crippen LogP contribution in [0.25, 0.3) is 0 Å². The predicted molar refractivity (Wildman–Crippen MR) is 131 cm³/mol. The maximum Gasteiger partial charge on any atom is 0.170 e. The summed E-state index contributed by atoms with van der Waals surface area (Å²) in [6, 6.07) is 7.65. The SMILES string of the molecule is CCC1CC2CC(C)CC(C)(C1)C2.CCn1nc(C=O)cc1Nc1ccc(F)cc1.CN. The summed E-state index contributed by atoms with van der Waals surface area (Å²) in [5, 5.41) is 7.15. The number of nitrogens with two attached hydrogens (primary N) is 1. The van der Waals surface area contributed by atoms with E-state index in [9.17, 15) is 9.18 Å². The molecule has 0 spiro atoms. The van der Waals surface area contributed by atoms with E-state index in [0.717, 1.165) is 28.9 Å². The monoisotopic (exact) mass is 444 g/mol. The standard InChI is InChI=1S/C13H24.C12H12FN3O.CH5N/c1-4-11-6-12-5-10(2)7-13(3,8-11)9-12;1-2-16-12(7-11(8-17)15-16)14-10-5-3-9(13)4-6-10;1-2/h10-12H,4-9H2,1-3H3;3-8,14H,2H2,1H3;2H2,1H3. The quantitative estimate of drug-likeness (QED) is 0.522. The Hall–Kier alpha value is -2.21. The van der Waals surface area contributed by atoms with Crippen molar-refractivity contribution < 1.29 is 9.18 Å². The minimum absolute atomic E-state index is 0.284. The normalized spacial score (nSPS) is 26.2. The average Bonchev–Trinajstić information content (AvgIpc) is 3.17. The second-order valence-electron chi connectivity index (χ2n) is 9.66. The summed E-state index contributed by atoms with van der Waals surface area (Å²) >= 11 is 0. The summed E-state index contributed by atoms with van der Waals surface area (Å²) in [5.41, 5.74) is 6.34. The number of rotatable bonds is 5. The number of aromatic nitrogens is 2. The molecule has 2 aromatic rings. The number of anilines is 2. The molecule has 4 atom stereocenters. The highest BCUT2D eigenvalue weighted by Crippen LogP contribution is 2.52. The highest BCUT2D eigenvalue weighted by Gasteiger charge is 2.41. The van der Waals surface area contributed by atoms with E-state index in [1.54, 1.807) is 22.9 Å². The van der Waals surface area contributed by atoms with Crippen LogP contribution >= 0.6 is 0 Å². The lowest BCUT2D eigenvalue weighted by molar-refractivity contribution is 0.0266. The molecule has 1 heterocycles. The fourth-order valence-corrected chi connectivity index (χ4v) is 5.78. The molecule has 2 aliphatic carbocycles. The highest BCUT2D eigenvalue weighted by molar-refractivity contribution is 5.74. The lowest BCUT2D eigenvalue weighted by atomic mass is 9.57. The fourth-order valence-electron chi connectivity index (χ4n) is 5.78. The Bertz CT molecular complexity index is 831. The second kappa shape index (κ2) is 12.1. The Morgan fingerprint density at radius 2 is 1.88 bits per heavy atom. The van der Waals surface area contributed by atoms with Gasteiger partial charge in [-0.15, -0.1) is 0 Å². The van der Waals surface area contributed by atoms with Crippen molar-refractivity contribution >= 4 is 17.8 Å². The van der Waals surface area contributed by atoms with Crippen LogP contribution < -0.4 is 11.1 Å². The van der Waals surface area contributed by atoms with Gasteiger partial charge in [0.25, 0.3) is 0 Å². The highest BCUT2D eigenvalue weighted by atomic mass is 19.1. The van der Waals surface area contributed by atoms with E-state index in [0.29, 0.717) is 24.3 Å². The van der Waals surface area contributed by atoms with Gasteiger partial charge in [-0.05, 0) is 93.5 Å². The molecular weight excluding hydrogens is 403 g/mol. The van der Waals surface area contributed by atoms with Crippen LogP contribution in [-0.2, 0) is 6.54 Å². The third-order valence-electron chi connectivity index (χ3n) is 6.72. The van der Waals surface area contributed by atoms with Gasteiger partial charge in [0.1, 0.15) is 17.3 Å². The maximum atomic E-state index is 12.7. The van der Waals surface area contributed by atoms with Crippen LogP contribution in [-0.4, -0.2) is 23.1 Å². The average molecular weight is 445 g/mol. The summed E-state index contributed by atoms with van der Waals surface area (Å²) in [7, 11) is 1.50. The molecule has 2 bridgehead atoms. The van der Waals surface area contributed by atoms with Crippen LogP contribution in [0.5, 0.6) is 0 Å². The molecule has 0 amide bonds. The number of nitrogens with zero attached hydrogens (tertiary/aromatic N) is 2. The van der Waals surface area contributed by atoms with Crippen LogP contribution in [0.3, 0.4) is 0 Å². The first-order valence-corrected chi connectivity index (χ1v) is 12.0. The van der Waals surface area contributed by atoms with Crippen molar-refractivity contribution in [3.8, 4) is 0 Å². The lowest BCUT2D eigenvalue weighted by Gasteiger charge is -2.48. The van der Waals surface area contributed by atoms with E-state index in [1.165, 1.54) is 57.7 Å². The zero-order valence-corrected chi connectivity index (χ0v) is 20.4. The van der Waals surface area contributed by atoms with Gasteiger partial charge in [-0.3, -0.25) is 4.79 Å². The van der Waals surface area contributed by atoms with Gasteiger partial charge in [-0.2, -0.15) is 5.10 Å². The number of carbonyl (C=O) groups excluding carboxylic acids is 1. The second-order valence-corrected chi connectivity index (χ2v) is 9.66. The van der Waals surface area contributed by atoms with Gasteiger partial charge in [0, 0.05) is 18.3 Å². The number of aryl methyl sites for hydroxylation is 1. The third-order valence-corrected chi connectivity index (χ3v) is 6.72. The molecule has 5 nitrogen and oxygen atoms in total. The van der Waals surface area contributed by atoms with Crippen LogP contribution in [0.4, 0.5) is 15.9 Å². The zero-order chi connectivity index (χ0) is 23.7. The topological polar surface area (TPSA) is 72.9 Å². The minimum Gasteiger partial charge on any atom is -0.340 e. The molecule has 1 aromatic carbocycles. The summed E-state index contributed by atoms with van der Waals surface area (Å²) in [6.07, 6.45) is 9.73. The molecule has 1 aromatic heterocycles. The number of fused-ring (bicyclic) bond motifs is 2. The van der Waals surface area contributed by atoms with E-state index in [2.05, 4.69) is 36.9 Å². The third kappa shape index (κ3) is 7.16. The van der Waals surface area contributed by atoms with Crippen molar-refractivity contribution in [3.05, 3.63) is 41.8 Å². The molecule has 4 rings (SSSR count). The molecule has 0 aliphatic heterocycles. The van der Waals surface area contributed by atoms with Crippen molar-refractivity contribution in [1.82, 2.24) is 9.78 Å². The Morgan fingerprint density at radius 1 is 1.19 bits per heavy atom. The van der Waals surface area contributed by atoms with Crippen LogP contribution in [0.1, 0.15) is 76.7 Å². The minimum atomic E-state index is -0.284. The molecular formula is C26H41FN4O. The van der Waals surface area contributed by atoms with Crippen molar-refractivity contribution in [2.75, 3.05) is 12.4 Å². The molecule has 4 unspecified atom stereocenters. The number of halogens is 1. The number of hydrogen-bond donors (Lipinski definition) is 2. The molecule has 2 fully saturated rings. The van der Waals surface area contributed by atoms with E-state index < -0.39 is 0 Å². The zero-order valence-electron chi connectivity index (χ0n) is 20.4. The van der Waals surface area contributed by atoms with E-state index in [1.807, 2.05) is 6.92 Å². The van der Waals surface area contributed by atoms with Gasteiger partial charge in [-0.1, -0.05) is 27.2 Å². The van der Waals surface area contributed by atoms with Crippen molar-refractivity contribution in [2.45, 2.75) is 72.8 Å². The molecule has 3 N–H and O–H groups in total. The van der Waals surface area contributed by atoms with Crippen LogP contribution in [0.2, 0.25) is 0 Å². The molecule has 32 heavy (non-hydrogen) atoms. The molecule has 6 heteroatoms. The van der Waals surface area contributed by atoms with Gasteiger partial charge < -0.3 is 11.1 Å². The maximum absolute atomic E-state index is 12.7. The van der Waals surface area contributed by atoms with E-state index in [4.69, 9.17) is 0 Å². The first kappa shape index (κ1) is 26.0. The molecule has 2 saturated carbocycles. The predicted octanol–water partition coefficient (Wildman–Crippen LogP) is 6.42. The van der Waals surface area contributed by atoms with Gasteiger partial charge in [-0.25, -0.2) is 9.07 Å². The van der Waals surface area contributed by atoms with Gasteiger partial charge in [0.05, 0.1) is 0 Å². The van der Waals surface area contributed by atoms with Crippen LogP contribution in [0.15, 0.2) is 30.3 Å². The van der Waals surface area contributed by atoms with Crippen LogP contribution in [0, 0.1) is 29.0 Å². The van der Waals surface area contributed by atoms with Gasteiger partial charge in [0.15, 0.2) is 6.29 Å². The molecule has 0 saturated heterocycles. The smallest absolute Gasteiger partial charge is 0.170 e. The summed E-state index contributed by atoms with van der Waals surface area (Å²) in [4.78, 5) is 10.6. The Morgan fingerprint density at radius 3 is 2.44 bits per heavy atom. The summed E-state index contributed by atoms with van der Waals surface area (Å²) in [5.74, 6) is 3.56. The number of benzene rings is 1. The molecule has 178 valence electrons. The number of hydrogen-bond acceptors (Lipinski definition) is 4. The largest absolute Gasteiger partial charge is 0.340 e. The van der Waals surface area contributed by atoms with E-state index in [-0.39, 0.29) is 5.82 Å². The Labute approximate surface area is 193 Å². The molecule has 2 aliphatic rings. The van der Waals surface area contributed by atoms with Crippen molar-refractivity contribution in [1.29, 1.82) is 0 Å². The van der Waals surface area contributed by atoms with Gasteiger partial charge in [0.2, 0.25) is 0 Å².